The molecule has 0 atom stereocenters. The second kappa shape index (κ2) is 5.43. The van der Waals surface area contributed by atoms with E-state index in [1.165, 1.54) is 36.7 Å². The van der Waals surface area contributed by atoms with Crippen molar-refractivity contribution >= 4 is 17.8 Å². The number of fused-ring (bicyclic) bond motifs is 1. The van der Waals surface area contributed by atoms with Gasteiger partial charge >= 0.3 is 12.1 Å². The van der Waals surface area contributed by atoms with Gasteiger partial charge in [0.1, 0.15) is 11.1 Å². The summed E-state index contributed by atoms with van der Waals surface area (Å²) in [6.07, 6.45) is -0.516. The molecule has 0 radical (unpaired) electrons. The van der Waals surface area contributed by atoms with Crippen LogP contribution in [-0.2, 0) is 21.1 Å². The number of carbonyl (C=O) groups is 1. The quantitative estimate of drug-likeness (QED) is 0.744. The van der Waals surface area contributed by atoms with Crippen LogP contribution in [0.25, 0.3) is 11.8 Å². The summed E-state index contributed by atoms with van der Waals surface area (Å²) >= 11 is 0. The third-order valence-electron chi connectivity index (χ3n) is 3.79. The number of aromatic nitrogens is 2. The Kier molecular flexibility index (Phi) is 3.66. The fourth-order valence-electron chi connectivity index (χ4n) is 2.47. The van der Waals surface area contributed by atoms with Gasteiger partial charge in [-0.25, -0.2) is 4.98 Å². The van der Waals surface area contributed by atoms with E-state index < -0.39 is 23.1 Å². The second-order valence-electron chi connectivity index (χ2n) is 5.86. The van der Waals surface area contributed by atoms with Gasteiger partial charge < -0.3 is 4.74 Å². The molecule has 0 saturated heterocycles. The molecular weight excluding hydrogens is 321 g/mol. The lowest BCUT2D eigenvalue weighted by Crippen LogP contribution is -2.37. The van der Waals surface area contributed by atoms with Crippen molar-refractivity contribution in [3.8, 4) is 0 Å². The van der Waals surface area contributed by atoms with Crippen molar-refractivity contribution in [3.05, 3.63) is 59.2 Å². The van der Waals surface area contributed by atoms with E-state index in [4.69, 9.17) is 4.74 Å². The summed E-state index contributed by atoms with van der Waals surface area (Å²) in [6.45, 7) is 3.26. The molecule has 0 N–H and O–H groups in total. The predicted octanol–water partition coefficient (Wildman–Crippen LogP) is 3.83. The Bertz CT molecular complexity index is 842. The first-order valence-corrected chi connectivity index (χ1v) is 7.13. The Labute approximate surface area is 136 Å². The molecule has 1 aromatic carbocycles. The maximum absolute atomic E-state index is 13.1. The largest absolute Gasteiger partial charge is 0.423 e. The maximum Gasteiger partial charge on any atom is 0.416 e. The molecule has 1 aliphatic rings. The number of rotatable bonds is 1. The SMILES string of the molecule is CC1(C)C(=O)OC(=Cc2ccccc2C(F)(F)F)c2nccnc21. The molecular formula is C17H13F3N2O2. The van der Waals surface area contributed by atoms with Gasteiger partial charge in [0.05, 0.1) is 11.3 Å². The van der Waals surface area contributed by atoms with Crippen molar-refractivity contribution in [1.29, 1.82) is 0 Å². The fraction of sp³-hybridized carbons (Fsp3) is 0.235. The summed E-state index contributed by atoms with van der Waals surface area (Å²) in [6, 6.07) is 5.06. The van der Waals surface area contributed by atoms with Crippen molar-refractivity contribution < 1.29 is 22.7 Å². The number of cyclic esters (lactones) is 1. The zero-order valence-corrected chi connectivity index (χ0v) is 12.9. The Morgan fingerprint density at radius 1 is 1.12 bits per heavy atom. The van der Waals surface area contributed by atoms with Crippen molar-refractivity contribution in [3.63, 3.8) is 0 Å². The highest BCUT2D eigenvalue weighted by molar-refractivity contribution is 5.95. The van der Waals surface area contributed by atoms with E-state index >= 15 is 0 Å². The number of hydrogen-bond acceptors (Lipinski definition) is 4. The van der Waals surface area contributed by atoms with Crippen LogP contribution in [-0.4, -0.2) is 15.9 Å². The summed E-state index contributed by atoms with van der Waals surface area (Å²) in [5.41, 5.74) is -1.31. The van der Waals surface area contributed by atoms with Crippen LogP contribution in [0.3, 0.4) is 0 Å². The highest BCUT2D eigenvalue weighted by atomic mass is 19.4. The lowest BCUT2D eigenvalue weighted by Gasteiger charge is -2.29. The van der Waals surface area contributed by atoms with Crippen LogP contribution in [0, 0.1) is 0 Å². The Balaban J connectivity index is 2.18. The molecule has 1 aromatic heterocycles. The van der Waals surface area contributed by atoms with E-state index in [1.54, 1.807) is 13.8 Å². The Hall–Kier alpha value is -2.70. The van der Waals surface area contributed by atoms with E-state index in [0.29, 0.717) is 5.69 Å². The predicted molar refractivity (Wildman–Crippen MR) is 80.5 cm³/mol. The Morgan fingerprint density at radius 3 is 2.50 bits per heavy atom. The first kappa shape index (κ1) is 16.2. The van der Waals surface area contributed by atoms with Gasteiger partial charge in [-0.05, 0) is 31.6 Å². The molecule has 3 rings (SSSR count). The number of halogens is 3. The highest BCUT2D eigenvalue weighted by Crippen LogP contribution is 2.38. The van der Waals surface area contributed by atoms with Crippen molar-refractivity contribution in [2.24, 2.45) is 0 Å². The average molecular weight is 334 g/mol. The molecule has 4 nitrogen and oxygen atoms in total. The van der Waals surface area contributed by atoms with Crippen LogP contribution in [0.1, 0.15) is 36.4 Å². The van der Waals surface area contributed by atoms with Gasteiger partial charge in [0.15, 0.2) is 5.76 Å². The number of hydrogen-bond donors (Lipinski definition) is 0. The normalized spacial score (nSPS) is 18.2. The lowest BCUT2D eigenvalue weighted by molar-refractivity contribution is -0.143. The van der Waals surface area contributed by atoms with Crippen molar-refractivity contribution in [1.82, 2.24) is 9.97 Å². The summed E-state index contributed by atoms with van der Waals surface area (Å²) in [7, 11) is 0. The van der Waals surface area contributed by atoms with Gasteiger partial charge in [-0.1, -0.05) is 18.2 Å². The highest BCUT2D eigenvalue weighted by Gasteiger charge is 2.42. The maximum atomic E-state index is 13.1. The number of alkyl halides is 3. The molecule has 0 amide bonds. The van der Waals surface area contributed by atoms with Crippen molar-refractivity contribution in [2.45, 2.75) is 25.4 Å². The summed E-state index contributed by atoms with van der Waals surface area (Å²) < 4.78 is 44.7. The first-order chi connectivity index (χ1) is 11.2. The molecule has 24 heavy (non-hydrogen) atoms. The molecule has 2 heterocycles. The third-order valence-corrected chi connectivity index (χ3v) is 3.79. The first-order valence-electron chi connectivity index (χ1n) is 7.13. The summed E-state index contributed by atoms with van der Waals surface area (Å²) in [4.78, 5) is 20.5. The molecule has 0 saturated carbocycles. The standard InChI is InChI=1S/C17H13F3N2O2/c1-16(2)14-13(21-7-8-22-14)12(24-15(16)23)9-10-5-3-4-6-11(10)17(18,19)20/h3-9H,1-2H3. The van der Waals surface area contributed by atoms with Crippen LogP contribution in [0.4, 0.5) is 13.2 Å². The number of benzene rings is 1. The van der Waals surface area contributed by atoms with Gasteiger partial charge in [-0.2, -0.15) is 13.2 Å². The fourth-order valence-corrected chi connectivity index (χ4v) is 2.47. The molecule has 1 aliphatic heterocycles. The van der Waals surface area contributed by atoms with E-state index in [2.05, 4.69) is 9.97 Å². The summed E-state index contributed by atoms with van der Waals surface area (Å²) in [5.74, 6) is -0.634. The average Bonchev–Trinajstić information content (AvgIpc) is 2.52. The van der Waals surface area contributed by atoms with E-state index in [-0.39, 0.29) is 17.0 Å². The lowest BCUT2D eigenvalue weighted by atomic mass is 9.85. The monoisotopic (exact) mass is 334 g/mol. The zero-order chi connectivity index (χ0) is 17.5. The third kappa shape index (κ3) is 2.66. The van der Waals surface area contributed by atoms with Gasteiger partial charge in [0, 0.05) is 12.4 Å². The van der Waals surface area contributed by atoms with Crippen LogP contribution < -0.4 is 0 Å². The minimum absolute atomic E-state index is 0.0425. The van der Waals surface area contributed by atoms with Gasteiger partial charge in [0.2, 0.25) is 0 Å². The number of esters is 1. The van der Waals surface area contributed by atoms with Gasteiger partial charge in [-0.15, -0.1) is 0 Å². The van der Waals surface area contributed by atoms with Crippen LogP contribution in [0.5, 0.6) is 0 Å². The van der Waals surface area contributed by atoms with Crippen LogP contribution in [0.15, 0.2) is 36.7 Å². The molecule has 0 spiro atoms. The minimum atomic E-state index is -4.52. The van der Waals surface area contributed by atoms with E-state index in [9.17, 15) is 18.0 Å². The minimum Gasteiger partial charge on any atom is -0.423 e. The number of ether oxygens (including phenoxy) is 1. The summed E-state index contributed by atoms with van der Waals surface area (Å²) in [5, 5.41) is 0. The van der Waals surface area contributed by atoms with Gasteiger partial charge in [0.25, 0.3) is 0 Å². The number of carbonyl (C=O) groups excluding carboxylic acids is 1. The van der Waals surface area contributed by atoms with Gasteiger partial charge in [-0.3, -0.25) is 9.78 Å². The number of nitrogens with zero attached hydrogens (tertiary/aromatic N) is 2. The Morgan fingerprint density at radius 2 is 1.79 bits per heavy atom. The topological polar surface area (TPSA) is 52.1 Å². The molecule has 0 fully saturated rings. The van der Waals surface area contributed by atoms with E-state index in [0.717, 1.165) is 6.07 Å². The smallest absolute Gasteiger partial charge is 0.416 e. The molecule has 124 valence electrons. The van der Waals surface area contributed by atoms with Crippen LogP contribution >= 0.6 is 0 Å². The zero-order valence-electron chi connectivity index (χ0n) is 12.9. The van der Waals surface area contributed by atoms with Crippen LogP contribution in [0.2, 0.25) is 0 Å². The molecule has 0 bridgehead atoms. The molecule has 0 aliphatic carbocycles. The molecule has 0 unspecified atom stereocenters. The van der Waals surface area contributed by atoms with Crippen molar-refractivity contribution in [2.75, 3.05) is 0 Å². The molecule has 2 aromatic rings. The van der Waals surface area contributed by atoms with E-state index in [1.807, 2.05) is 0 Å². The second-order valence-corrected chi connectivity index (χ2v) is 5.86. The molecule has 7 heteroatoms.